The molecule has 26 heavy (non-hydrogen) atoms. The van der Waals surface area contributed by atoms with Crippen LogP contribution in [0.15, 0.2) is 42.6 Å². The van der Waals surface area contributed by atoms with Gasteiger partial charge in [0.2, 0.25) is 0 Å². The van der Waals surface area contributed by atoms with Gasteiger partial charge in [0.15, 0.2) is 6.61 Å². The molecule has 8 nitrogen and oxygen atoms in total. The fourth-order valence-corrected chi connectivity index (χ4v) is 2.07. The van der Waals surface area contributed by atoms with E-state index in [4.69, 9.17) is 14.2 Å². The maximum absolute atomic E-state index is 11.8. The van der Waals surface area contributed by atoms with Crippen LogP contribution < -0.4 is 14.8 Å². The summed E-state index contributed by atoms with van der Waals surface area (Å²) in [6, 6.07) is 10.2. The van der Waals surface area contributed by atoms with E-state index in [-0.39, 0.29) is 13.0 Å². The number of hydrogen-bond donors (Lipinski definition) is 1. The van der Waals surface area contributed by atoms with Crippen LogP contribution in [-0.4, -0.2) is 42.7 Å². The number of aryl methyl sites for hydroxylation is 1. The molecule has 0 aliphatic heterocycles. The minimum Gasteiger partial charge on any atom is -0.497 e. The van der Waals surface area contributed by atoms with E-state index in [0.717, 1.165) is 0 Å². The molecule has 2 amide bonds. The second-order valence-corrected chi connectivity index (χ2v) is 5.32. The number of carbonyl (C=O) groups is 3. The zero-order chi connectivity index (χ0) is 18.9. The molecular weight excluding hydrogens is 340 g/mol. The molecule has 138 valence electrons. The molecule has 8 heteroatoms. The van der Waals surface area contributed by atoms with Gasteiger partial charge in [0.25, 0.3) is 11.8 Å². The Labute approximate surface area is 150 Å². The van der Waals surface area contributed by atoms with Crippen molar-refractivity contribution in [1.29, 1.82) is 0 Å². The molecule has 2 aromatic rings. The van der Waals surface area contributed by atoms with Crippen molar-refractivity contribution in [2.45, 2.75) is 6.42 Å². The Morgan fingerprint density at radius 3 is 2.38 bits per heavy atom. The van der Waals surface area contributed by atoms with E-state index < -0.39 is 24.4 Å². The number of benzene rings is 1. The van der Waals surface area contributed by atoms with Gasteiger partial charge < -0.3 is 18.8 Å². The molecule has 0 saturated heterocycles. The summed E-state index contributed by atoms with van der Waals surface area (Å²) in [5.41, 5.74) is 0.331. The van der Waals surface area contributed by atoms with Crippen LogP contribution in [0.25, 0.3) is 0 Å². The molecular formula is C18H20N2O6. The molecule has 0 bridgehead atoms. The number of ether oxygens (including phenoxy) is 3. The van der Waals surface area contributed by atoms with Gasteiger partial charge in [-0.25, -0.2) is 0 Å². The predicted molar refractivity (Wildman–Crippen MR) is 92.0 cm³/mol. The first-order valence-electron chi connectivity index (χ1n) is 7.87. The van der Waals surface area contributed by atoms with E-state index in [0.29, 0.717) is 17.2 Å². The molecule has 0 aliphatic carbocycles. The molecule has 1 aromatic carbocycles. The predicted octanol–water partition coefficient (Wildman–Crippen LogP) is 1.30. The van der Waals surface area contributed by atoms with E-state index in [2.05, 4.69) is 5.32 Å². The lowest BCUT2D eigenvalue weighted by molar-refractivity contribution is -0.148. The smallest absolute Gasteiger partial charge is 0.309 e. The fraction of sp³-hybridized carbons (Fsp3) is 0.278. The molecule has 0 saturated carbocycles. The molecule has 0 unspecified atom stereocenters. The van der Waals surface area contributed by atoms with Crippen LogP contribution in [0, 0.1) is 0 Å². The first-order valence-corrected chi connectivity index (χ1v) is 7.87. The molecule has 1 aromatic heterocycles. The first kappa shape index (κ1) is 19.0. The van der Waals surface area contributed by atoms with E-state index in [9.17, 15) is 14.4 Å². The monoisotopic (exact) mass is 360 g/mol. The Balaban J connectivity index is 1.65. The summed E-state index contributed by atoms with van der Waals surface area (Å²) in [4.78, 5) is 35.1. The van der Waals surface area contributed by atoms with Crippen LogP contribution in [0.5, 0.6) is 11.5 Å². The molecule has 0 radical (unpaired) electrons. The lowest BCUT2D eigenvalue weighted by atomic mass is 10.3. The molecule has 0 fully saturated rings. The SMILES string of the molecule is COc1ccc(OCCC(=O)OCC(=O)NC(=O)c2cccn2C)cc1. The van der Waals surface area contributed by atoms with Crippen molar-refractivity contribution in [3.63, 3.8) is 0 Å². The van der Waals surface area contributed by atoms with Crippen molar-refractivity contribution in [3.8, 4) is 11.5 Å². The van der Waals surface area contributed by atoms with Crippen LogP contribution in [0.4, 0.5) is 0 Å². The molecule has 0 atom stereocenters. The Bertz CT molecular complexity index is 766. The minimum absolute atomic E-state index is 0.0228. The van der Waals surface area contributed by atoms with Crippen molar-refractivity contribution >= 4 is 17.8 Å². The van der Waals surface area contributed by atoms with Gasteiger partial charge in [-0.05, 0) is 36.4 Å². The minimum atomic E-state index is -0.694. The Hall–Kier alpha value is -3.29. The number of nitrogens with one attached hydrogen (secondary N) is 1. The zero-order valence-electron chi connectivity index (χ0n) is 14.6. The second kappa shape index (κ2) is 9.26. The average Bonchev–Trinajstić information content (AvgIpc) is 3.06. The zero-order valence-corrected chi connectivity index (χ0v) is 14.6. The number of amides is 2. The topological polar surface area (TPSA) is 95.9 Å². The maximum Gasteiger partial charge on any atom is 0.309 e. The van der Waals surface area contributed by atoms with Crippen molar-refractivity contribution < 1.29 is 28.6 Å². The normalized spacial score (nSPS) is 10.1. The number of aromatic nitrogens is 1. The Kier molecular flexibility index (Phi) is 6.78. The number of hydrogen-bond acceptors (Lipinski definition) is 6. The average molecular weight is 360 g/mol. The highest BCUT2D eigenvalue weighted by Crippen LogP contribution is 2.17. The number of nitrogens with zero attached hydrogens (tertiary/aromatic N) is 1. The third kappa shape index (κ3) is 5.66. The molecule has 1 heterocycles. The number of rotatable bonds is 8. The number of carbonyl (C=O) groups excluding carboxylic acids is 3. The van der Waals surface area contributed by atoms with Gasteiger partial charge >= 0.3 is 5.97 Å². The van der Waals surface area contributed by atoms with Gasteiger partial charge in [-0.3, -0.25) is 19.7 Å². The summed E-state index contributed by atoms with van der Waals surface area (Å²) in [6.45, 7) is -0.424. The largest absolute Gasteiger partial charge is 0.497 e. The maximum atomic E-state index is 11.8. The number of esters is 1. The molecule has 0 spiro atoms. The third-order valence-corrected chi connectivity index (χ3v) is 3.43. The summed E-state index contributed by atoms with van der Waals surface area (Å²) >= 11 is 0. The highest BCUT2D eigenvalue weighted by atomic mass is 16.5. The van der Waals surface area contributed by atoms with Gasteiger partial charge in [0.05, 0.1) is 20.1 Å². The Morgan fingerprint density at radius 1 is 1.08 bits per heavy atom. The molecule has 1 N–H and O–H groups in total. The van der Waals surface area contributed by atoms with Gasteiger partial charge in [0.1, 0.15) is 17.2 Å². The standard InChI is InChI=1S/C18H20N2O6/c1-20-10-3-4-15(20)18(23)19-16(21)12-26-17(22)9-11-25-14-7-5-13(24-2)6-8-14/h3-8,10H,9,11-12H2,1-2H3,(H,19,21,23). The van der Waals surface area contributed by atoms with Gasteiger partial charge in [-0.1, -0.05) is 0 Å². The van der Waals surface area contributed by atoms with Crippen molar-refractivity contribution in [2.75, 3.05) is 20.3 Å². The summed E-state index contributed by atoms with van der Waals surface area (Å²) in [6.07, 6.45) is 1.66. The number of methoxy groups -OCH3 is 1. The first-order chi connectivity index (χ1) is 12.5. The van der Waals surface area contributed by atoms with Crippen molar-refractivity contribution in [3.05, 3.63) is 48.3 Å². The van der Waals surface area contributed by atoms with E-state index in [1.54, 1.807) is 61.3 Å². The fourth-order valence-electron chi connectivity index (χ4n) is 2.07. The lowest BCUT2D eigenvalue weighted by Crippen LogP contribution is -2.35. The van der Waals surface area contributed by atoms with Crippen molar-refractivity contribution in [1.82, 2.24) is 9.88 Å². The van der Waals surface area contributed by atoms with E-state index in [1.807, 2.05) is 0 Å². The lowest BCUT2D eigenvalue weighted by Gasteiger charge is -2.08. The summed E-state index contributed by atoms with van der Waals surface area (Å²) in [5, 5.41) is 2.15. The highest BCUT2D eigenvalue weighted by Gasteiger charge is 2.14. The third-order valence-electron chi connectivity index (χ3n) is 3.43. The summed E-state index contributed by atoms with van der Waals surface area (Å²) in [7, 11) is 3.25. The van der Waals surface area contributed by atoms with Crippen LogP contribution in [-0.2, 0) is 21.4 Å². The van der Waals surface area contributed by atoms with E-state index in [1.165, 1.54) is 0 Å². The molecule has 0 aliphatic rings. The van der Waals surface area contributed by atoms with Crippen LogP contribution >= 0.6 is 0 Å². The Morgan fingerprint density at radius 2 is 1.77 bits per heavy atom. The van der Waals surface area contributed by atoms with Crippen LogP contribution in [0.2, 0.25) is 0 Å². The van der Waals surface area contributed by atoms with Gasteiger partial charge in [-0.15, -0.1) is 0 Å². The second-order valence-electron chi connectivity index (χ2n) is 5.32. The van der Waals surface area contributed by atoms with Gasteiger partial charge in [0, 0.05) is 13.2 Å². The summed E-state index contributed by atoms with van der Waals surface area (Å²) < 4.78 is 16.8. The quantitative estimate of drug-likeness (QED) is 0.713. The van der Waals surface area contributed by atoms with Crippen LogP contribution in [0.1, 0.15) is 16.9 Å². The van der Waals surface area contributed by atoms with E-state index >= 15 is 0 Å². The van der Waals surface area contributed by atoms with Gasteiger partial charge in [-0.2, -0.15) is 0 Å². The molecule has 2 rings (SSSR count). The summed E-state index contributed by atoms with van der Waals surface area (Å²) in [5.74, 6) is -0.556. The van der Waals surface area contributed by atoms with Crippen molar-refractivity contribution in [2.24, 2.45) is 7.05 Å². The van der Waals surface area contributed by atoms with Crippen LogP contribution in [0.3, 0.4) is 0 Å². The number of imide groups is 1. The highest BCUT2D eigenvalue weighted by molar-refractivity contribution is 6.04.